The number of ether oxygens (including phenoxy) is 2. The fourth-order valence-corrected chi connectivity index (χ4v) is 6.47. The molecule has 9 nitrogen and oxygen atoms in total. The first-order valence-electron chi connectivity index (χ1n) is 13.2. The van der Waals surface area contributed by atoms with Gasteiger partial charge in [-0.25, -0.2) is 22.8 Å². The molecule has 0 radical (unpaired) electrons. The lowest BCUT2D eigenvalue weighted by Crippen LogP contribution is -2.40. The van der Waals surface area contributed by atoms with Crippen LogP contribution in [-0.2, 0) is 10.0 Å². The van der Waals surface area contributed by atoms with E-state index in [-0.39, 0.29) is 22.7 Å². The van der Waals surface area contributed by atoms with Crippen molar-refractivity contribution in [1.29, 1.82) is 0 Å². The van der Waals surface area contributed by atoms with Crippen LogP contribution in [0, 0.1) is 11.7 Å². The van der Waals surface area contributed by atoms with Gasteiger partial charge < -0.3 is 20.5 Å². The normalized spacial score (nSPS) is 15.3. The molecule has 0 spiro atoms. The SMILES string of the molecule is COc1ccc(-c2ccnc(Nc3ccc(S(=O)(=O)N4CCC(C(N)c5ccc(F)cc5)CC4)cc3)n2)cc1OC. The molecule has 0 saturated carbocycles. The molecule has 0 bridgehead atoms. The Bertz CT molecular complexity index is 1590. The summed E-state index contributed by atoms with van der Waals surface area (Å²) in [6.45, 7) is 0.747. The Morgan fingerprint density at radius 2 is 1.63 bits per heavy atom. The second-order valence-corrected chi connectivity index (χ2v) is 11.7. The molecule has 3 aromatic carbocycles. The molecular weight excluding hydrogens is 545 g/mol. The summed E-state index contributed by atoms with van der Waals surface area (Å²) in [7, 11) is -0.509. The number of sulfonamides is 1. The van der Waals surface area contributed by atoms with Gasteiger partial charge in [0.05, 0.1) is 24.8 Å². The first-order valence-corrected chi connectivity index (χ1v) is 14.7. The number of aromatic nitrogens is 2. The summed E-state index contributed by atoms with van der Waals surface area (Å²) in [6, 6.07) is 19.8. The number of hydrogen-bond donors (Lipinski definition) is 2. The zero-order valence-electron chi connectivity index (χ0n) is 22.8. The van der Waals surface area contributed by atoms with E-state index in [0.29, 0.717) is 54.8 Å². The highest BCUT2D eigenvalue weighted by Crippen LogP contribution is 2.33. The van der Waals surface area contributed by atoms with Crippen molar-refractivity contribution in [2.45, 2.75) is 23.8 Å². The van der Waals surface area contributed by atoms with Crippen molar-refractivity contribution in [3.63, 3.8) is 0 Å². The highest BCUT2D eigenvalue weighted by molar-refractivity contribution is 7.89. The number of rotatable bonds is 9. The number of hydrogen-bond acceptors (Lipinski definition) is 8. The average Bonchev–Trinajstić information content (AvgIpc) is 3.01. The van der Waals surface area contributed by atoms with Gasteiger partial charge in [-0.05, 0) is 85.0 Å². The molecule has 2 heterocycles. The summed E-state index contributed by atoms with van der Waals surface area (Å²) in [5.74, 6) is 1.39. The first-order chi connectivity index (χ1) is 19.8. The fourth-order valence-electron chi connectivity index (χ4n) is 5.00. The second-order valence-electron chi connectivity index (χ2n) is 9.80. The Labute approximate surface area is 239 Å². The number of anilines is 2. The molecule has 1 saturated heterocycles. The van der Waals surface area contributed by atoms with E-state index in [4.69, 9.17) is 15.2 Å². The standard InChI is InChI=1S/C30H32FN5O4S/c1-39-27-12-5-22(19-28(27)40-2)26-13-16-33-30(35-26)34-24-8-10-25(11-9-24)41(37,38)36-17-14-21(15-18-36)29(32)20-3-6-23(31)7-4-20/h3-13,16,19,21,29H,14-15,17-18,32H2,1-2H3,(H,33,34,35). The lowest BCUT2D eigenvalue weighted by atomic mass is 9.86. The second kappa shape index (κ2) is 12.2. The number of piperidine rings is 1. The van der Waals surface area contributed by atoms with Crippen LogP contribution in [0.15, 0.2) is 83.9 Å². The molecule has 4 aromatic rings. The minimum atomic E-state index is -3.66. The highest BCUT2D eigenvalue weighted by Gasteiger charge is 2.32. The molecule has 0 amide bonds. The van der Waals surface area contributed by atoms with Gasteiger partial charge in [-0.1, -0.05) is 12.1 Å². The molecule has 1 aliphatic heterocycles. The summed E-state index contributed by atoms with van der Waals surface area (Å²) in [5.41, 5.74) is 9.44. The van der Waals surface area contributed by atoms with E-state index in [2.05, 4.69) is 15.3 Å². The number of nitrogens with zero attached hydrogens (tertiary/aromatic N) is 3. The molecule has 1 atom stereocenters. The van der Waals surface area contributed by atoms with E-state index in [1.807, 2.05) is 18.2 Å². The fraction of sp³-hybridized carbons (Fsp3) is 0.267. The Morgan fingerprint density at radius 3 is 2.29 bits per heavy atom. The molecule has 5 rings (SSSR count). The van der Waals surface area contributed by atoms with Crippen molar-refractivity contribution in [2.24, 2.45) is 11.7 Å². The van der Waals surface area contributed by atoms with Crippen LogP contribution < -0.4 is 20.5 Å². The molecule has 214 valence electrons. The number of methoxy groups -OCH3 is 2. The predicted molar refractivity (Wildman–Crippen MR) is 155 cm³/mol. The minimum absolute atomic E-state index is 0.119. The zero-order valence-corrected chi connectivity index (χ0v) is 23.6. The van der Waals surface area contributed by atoms with Crippen LogP contribution in [-0.4, -0.2) is 50.0 Å². The van der Waals surface area contributed by atoms with Crippen LogP contribution in [0.4, 0.5) is 16.0 Å². The van der Waals surface area contributed by atoms with E-state index < -0.39 is 10.0 Å². The van der Waals surface area contributed by atoms with Gasteiger partial charge in [-0.15, -0.1) is 0 Å². The third kappa shape index (κ3) is 6.32. The molecule has 1 aromatic heterocycles. The molecule has 1 unspecified atom stereocenters. The van der Waals surface area contributed by atoms with Crippen LogP contribution in [0.3, 0.4) is 0 Å². The smallest absolute Gasteiger partial charge is 0.243 e. The van der Waals surface area contributed by atoms with Gasteiger partial charge in [-0.2, -0.15) is 4.31 Å². The predicted octanol–water partition coefficient (Wildman–Crippen LogP) is 5.14. The van der Waals surface area contributed by atoms with Gasteiger partial charge >= 0.3 is 0 Å². The lowest BCUT2D eigenvalue weighted by molar-refractivity contribution is 0.245. The van der Waals surface area contributed by atoms with Crippen molar-refractivity contribution in [2.75, 3.05) is 32.6 Å². The van der Waals surface area contributed by atoms with Gasteiger partial charge in [-0.3, -0.25) is 0 Å². The van der Waals surface area contributed by atoms with Crippen molar-refractivity contribution < 1.29 is 22.3 Å². The molecular formula is C30H32FN5O4S. The summed E-state index contributed by atoms with van der Waals surface area (Å²) in [6.07, 6.45) is 2.90. The van der Waals surface area contributed by atoms with E-state index >= 15 is 0 Å². The van der Waals surface area contributed by atoms with Gasteiger partial charge in [0.25, 0.3) is 0 Å². The molecule has 0 aliphatic carbocycles. The van der Waals surface area contributed by atoms with Crippen LogP contribution in [0.5, 0.6) is 11.5 Å². The Balaban J connectivity index is 1.23. The van der Waals surface area contributed by atoms with Crippen molar-refractivity contribution >= 4 is 21.7 Å². The first kappa shape index (κ1) is 28.5. The maximum Gasteiger partial charge on any atom is 0.243 e. The van der Waals surface area contributed by atoms with E-state index in [1.165, 1.54) is 16.4 Å². The third-order valence-electron chi connectivity index (χ3n) is 7.34. The van der Waals surface area contributed by atoms with Crippen molar-refractivity contribution in [3.05, 3.63) is 90.4 Å². The van der Waals surface area contributed by atoms with Crippen molar-refractivity contribution in [1.82, 2.24) is 14.3 Å². The van der Waals surface area contributed by atoms with Crippen LogP contribution in [0.1, 0.15) is 24.4 Å². The lowest BCUT2D eigenvalue weighted by Gasteiger charge is -2.34. The Morgan fingerprint density at radius 1 is 0.951 bits per heavy atom. The molecule has 3 N–H and O–H groups in total. The van der Waals surface area contributed by atoms with E-state index in [1.54, 1.807) is 62.9 Å². The quantitative estimate of drug-likeness (QED) is 0.281. The average molecular weight is 578 g/mol. The number of nitrogens with one attached hydrogen (secondary N) is 1. The summed E-state index contributed by atoms with van der Waals surface area (Å²) in [4.78, 5) is 9.09. The summed E-state index contributed by atoms with van der Waals surface area (Å²) < 4.78 is 52.1. The minimum Gasteiger partial charge on any atom is -0.493 e. The largest absolute Gasteiger partial charge is 0.493 e. The Hall–Kier alpha value is -4.06. The molecule has 11 heteroatoms. The summed E-state index contributed by atoms with van der Waals surface area (Å²) >= 11 is 0. The van der Waals surface area contributed by atoms with E-state index in [9.17, 15) is 12.8 Å². The van der Waals surface area contributed by atoms with E-state index in [0.717, 1.165) is 11.1 Å². The zero-order chi connectivity index (χ0) is 29.0. The molecule has 1 fully saturated rings. The number of halogens is 1. The van der Waals surface area contributed by atoms with Gasteiger partial charge in [0.2, 0.25) is 16.0 Å². The monoisotopic (exact) mass is 577 g/mol. The number of nitrogens with two attached hydrogens (primary N) is 1. The van der Waals surface area contributed by atoms with Crippen LogP contribution in [0.2, 0.25) is 0 Å². The van der Waals surface area contributed by atoms with Crippen molar-refractivity contribution in [3.8, 4) is 22.8 Å². The maximum atomic E-state index is 13.3. The molecule has 41 heavy (non-hydrogen) atoms. The van der Waals surface area contributed by atoms with Gasteiger partial charge in [0, 0.05) is 36.6 Å². The van der Waals surface area contributed by atoms with Gasteiger partial charge in [0.15, 0.2) is 11.5 Å². The third-order valence-corrected chi connectivity index (χ3v) is 9.26. The Kier molecular flexibility index (Phi) is 8.48. The van der Waals surface area contributed by atoms with Gasteiger partial charge in [0.1, 0.15) is 5.82 Å². The number of benzene rings is 3. The van der Waals surface area contributed by atoms with Crippen LogP contribution >= 0.6 is 0 Å². The summed E-state index contributed by atoms with van der Waals surface area (Å²) in [5, 5.41) is 3.14. The topological polar surface area (TPSA) is 120 Å². The molecule has 1 aliphatic rings. The maximum absolute atomic E-state index is 13.3. The van der Waals surface area contributed by atoms with Crippen LogP contribution in [0.25, 0.3) is 11.3 Å². The highest BCUT2D eigenvalue weighted by atomic mass is 32.2.